The number of carbonyl (C=O) groups is 2. The molecule has 2 amide bonds. The van der Waals surface area contributed by atoms with Crippen molar-refractivity contribution in [2.45, 2.75) is 20.0 Å². The largest absolute Gasteiger partial charge is 0.478 e. The predicted octanol–water partition coefficient (Wildman–Crippen LogP) is 1.52. The van der Waals surface area contributed by atoms with Crippen molar-refractivity contribution < 1.29 is 27.1 Å². The summed E-state index contributed by atoms with van der Waals surface area (Å²) in [6, 6.07) is 12.3. The van der Waals surface area contributed by atoms with E-state index < -0.39 is 40.3 Å². The van der Waals surface area contributed by atoms with E-state index in [2.05, 4.69) is 10.9 Å². The minimum Gasteiger partial charge on any atom is -0.478 e. The molecule has 0 bridgehead atoms. The SMILES string of the molecule is Cc1ccccc1N(CC(=O)NNC(=O)C(C)Oc1ccccc1F)S(C)(=O)=O. The molecular weight excluding hydrogens is 401 g/mol. The van der Waals surface area contributed by atoms with E-state index in [1.165, 1.54) is 25.1 Å². The number of carbonyl (C=O) groups excluding carboxylic acids is 2. The first-order chi connectivity index (χ1) is 13.6. The van der Waals surface area contributed by atoms with Crippen LogP contribution in [0.1, 0.15) is 12.5 Å². The molecule has 0 aromatic heterocycles. The molecule has 2 rings (SSSR count). The third kappa shape index (κ3) is 6.18. The van der Waals surface area contributed by atoms with Gasteiger partial charge in [-0.2, -0.15) is 0 Å². The third-order valence-corrected chi connectivity index (χ3v) is 5.03. The molecule has 1 unspecified atom stereocenters. The summed E-state index contributed by atoms with van der Waals surface area (Å²) in [7, 11) is -3.74. The van der Waals surface area contributed by atoms with Gasteiger partial charge in [-0.1, -0.05) is 30.3 Å². The standard InChI is InChI=1S/C19H22FN3O5S/c1-13-8-4-6-10-16(13)23(29(3,26)27)12-18(24)21-22-19(25)14(2)28-17-11-7-5-9-15(17)20/h4-11,14H,12H2,1-3H3,(H,21,24)(H,22,25). The summed E-state index contributed by atoms with van der Waals surface area (Å²) in [6.07, 6.45) is -0.120. The Bertz CT molecular complexity index is 997. The second kappa shape index (κ2) is 9.37. The molecule has 0 aliphatic carbocycles. The number of sulfonamides is 1. The number of aryl methyl sites for hydroxylation is 1. The van der Waals surface area contributed by atoms with Crippen molar-refractivity contribution in [2.75, 3.05) is 17.1 Å². The summed E-state index contributed by atoms with van der Waals surface area (Å²) < 4.78 is 43.9. The summed E-state index contributed by atoms with van der Waals surface area (Å²) >= 11 is 0. The van der Waals surface area contributed by atoms with Gasteiger partial charge in [-0.15, -0.1) is 0 Å². The molecule has 0 radical (unpaired) electrons. The molecule has 0 fully saturated rings. The second-order valence-electron chi connectivity index (χ2n) is 6.28. The minimum absolute atomic E-state index is 0.107. The van der Waals surface area contributed by atoms with Crippen LogP contribution in [0.4, 0.5) is 10.1 Å². The van der Waals surface area contributed by atoms with Crippen LogP contribution in [-0.4, -0.2) is 39.1 Å². The molecule has 8 nitrogen and oxygen atoms in total. The Labute approximate surface area is 168 Å². The molecular formula is C19H22FN3O5S. The summed E-state index contributed by atoms with van der Waals surface area (Å²) in [4.78, 5) is 24.3. The van der Waals surface area contributed by atoms with Gasteiger partial charge in [0.05, 0.1) is 11.9 Å². The monoisotopic (exact) mass is 423 g/mol. The zero-order chi connectivity index (χ0) is 21.6. The van der Waals surface area contributed by atoms with Crippen molar-refractivity contribution in [3.05, 3.63) is 59.9 Å². The summed E-state index contributed by atoms with van der Waals surface area (Å²) in [5.74, 6) is -2.23. The van der Waals surface area contributed by atoms with Gasteiger partial charge < -0.3 is 4.74 Å². The normalized spacial score (nSPS) is 12.0. The first-order valence-electron chi connectivity index (χ1n) is 8.63. The van der Waals surface area contributed by atoms with E-state index in [0.29, 0.717) is 11.3 Å². The van der Waals surface area contributed by atoms with Gasteiger partial charge in [0.1, 0.15) is 6.54 Å². The number of hydrogen-bond donors (Lipinski definition) is 2. The first-order valence-corrected chi connectivity index (χ1v) is 10.5. The number of rotatable bonds is 7. The molecule has 2 N–H and O–H groups in total. The lowest BCUT2D eigenvalue weighted by Gasteiger charge is -2.23. The summed E-state index contributed by atoms with van der Waals surface area (Å²) in [5, 5.41) is 0. The zero-order valence-corrected chi connectivity index (χ0v) is 17.0. The Morgan fingerprint density at radius 2 is 1.72 bits per heavy atom. The number of para-hydroxylation sites is 2. The van der Waals surface area contributed by atoms with E-state index in [0.717, 1.165) is 10.6 Å². The van der Waals surface area contributed by atoms with Crippen molar-refractivity contribution in [3.63, 3.8) is 0 Å². The van der Waals surface area contributed by atoms with Crippen molar-refractivity contribution >= 4 is 27.5 Å². The lowest BCUT2D eigenvalue weighted by molar-refractivity contribution is -0.132. The number of nitrogens with one attached hydrogen (secondary N) is 2. The van der Waals surface area contributed by atoms with Gasteiger partial charge in [0.15, 0.2) is 17.7 Å². The highest BCUT2D eigenvalue weighted by atomic mass is 32.2. The van der Waals surface area contributed by atoms with Gasteiger partial charge in [-0.25, -0.2) is 12.8 Å². The van der Waals surface area contributed by atoms with Crippen LogP contribution >= 0.6 is 0 Å². The van der Waals surface area contributed by atoms with E-state index in [1.54, 1.807) is 37.3 Å². The zero-order valence-electron chi connectivity index (χ0n) is 16.2. The van der Waals surface area contributed by atoms with Gasteiger partial charge in [0.2, 0.25) is 10.0 Å². The van der Waals surface area contributed by atoms with Crippen molar-refractivity contribution in [2.24, 2.45) is 0 Å². The molecule has 0 saturated heterocycles. The Hall–Kier alpha value is -3.14. The first kappa shape index (κ1) is 22.2. The lowest BCUT2D eigenvalue weighted by atomic mass is 10.2. The highest BCUT2D eigenvalue weighted by Gasteiger charge is 2.23. The smallest absolute Gasteiger partial charge is 0.279 e. The molecule has 1 atom stereocenters. The Morgan fingerprint density at radius 3 is 2.34 bits per heavy atom. The average molecular weight is 423 g/mol. The Kier molecular flexibility index (Phi) is 7.16. The minimum atomic E-state index is -3.74. The van der Waals surface area contributed by atoms with Crippen LogP contribution < -0.4 is 19.9 Å². The number of anilines is 1. The topological polar surface area (TPSA) is 105 Å². The van der Waals surface area contributed by atoms with E-state index in [-0.39, 0.29) is 5.75 Å². The van der Waals surface area contributed by atoms with Crippen molar-refractivity contribution in [3.8, 4) is 5.75 Å². The molecule has 2 aromatic rings. The molecule has 0 aliphatic heterocycles. The van der Waals surface area contributed by atoms with Crippen LogP contribution in [0.2, 0.25) is 0 Å². The number of hydrazine groups is 1. The van der Waals surface area contributed by atoms with Crippen LogP contribution in [0.5, 0.6) is 5.75 Å². The summed E-state index contributed by atoms with van der Waals surface area (Å²) in [5.41, 5.74) is 5.30. The number of ether oxygens (including phenoxy) is 1. The quantitative estimate of drug-likeness (QED) is 0.657. The van der Waals surface area contributed by atoms with Crippen molar-refractivity contribution in [1.29, 1.82) is 0 Å². The molecule has 0 aliphatic rings. The number of amides is 2. The second-order valence-corrected chi connectivity index (χ2v) is 8.19. The highest BCUT2D eigenvalue weighted by Crippen LogP contribution is 2.21. The maximum Gasteiger partial charge on any atom is 0.279 e. The van der Waals surface area contributed by atoms with Crippen molar-refractivity contribution in [1.82, 2.24) is 10.9 Å². The number of nitrogens with zero attached hydrogens (tertiary/aromatic N) is 1. The van der Waals surface area contributed by atoms with Gasteiger partial charge >= 0.3 is 0 Å². The average Bonchev–Trinajstić information content (AvgIpc) is 2.65. The molecule has 0 spiro atoms. The van der Waals surface area contributed by atoms with Gasteiger partial charge in [0, 0.05) is 0 Å². The van der Waals surface area contributed by atoms with E-state index in [9.17, 15) is 22.4 Å². The van der Waals surface area contributed by atoms with E-state index >= 15 is 0 Å². The van der Waals surface area contributed by atoms with Crippen LogP contribution in [-0.2, 0) is 19.6 Å². The fourth-order valence-corrected chi connectivity index (χ4v) is 3.33. The van der Waals surface area contributed by atoms with E-state index in [4.69, 9.17) is 4.74 Å². The third-order valence-electron chi connectivity index (χ3n) is 3.91. The number of hydrogen-bond acceptors (Lipinski definition) is 5. The van der Waals surface area contributed by atoms with Gasteiger partial charge in [-0.05, 0) is 37.6 Å². The molecule has 10 heteroatoms. The van der Waals surface area contributed by atoms with Gasteiger partial charge in [-0.3, -0.25) is 24.7 Å². The van der Waals surface area contributed by atoms with Crippen LogP contribution in [0.25, 0.3) is 0 Å². The molecule has 0 heterocycles. The molecule has 29 heavy (non-hydrogen) atoms. The van der Waals surface area contributed by atoms with Crippen LogP contribution in [0, 0.1) is 12.7 Å². The molecule has 156 valence electrons. The number of halogens is 1. The summed E-state index contributed by atoms with van der Waals surface area (Å²) in [6.45, 7) is 2.56. The maximum atomic E-state index is 13.6. The molecule has 0 saturated carbocycles. The predicted molar refractivity (Wildman–Crippen MR) is 106 cm³/mol. The van der Waals surface area contributed by atoms with Crippen LogP contribution in [0.3, 0.4) is 0 Å². The Balaban J connectivity index is 1.97. The van der Waals surface area contributed by atoms with Gasteiger partial charge in [0.25, 0.3) is 11.8 Å². The highest BCUT2D eigenvalue weighted by molar-refractivity contribution is 7.92. The van der Waals surface area contributed by atoms with E-state index in [1.807, 2.05) is 0 Å². The fraction of sp³-hybridized carbons (Fsp3) is 0.263. The maximum absolute atomic E-state index is 13.6. The molecule has 2 aromatic carbocycles. The van der Waals surface area contributed by atoms with Crippen LogP contribution in [0.15, 0.2) is 48.5 Å². The lowest BCUT2D eigenvalue weighted by Crippen LogP contribution is -2.50. The number of benzene rings is 2. The fourth-order valence-electron chi connectivity index (χ4n) is 2.41. The Morgan fingerprint density at radius 1 is 1.10 bits per heavy atom.